The van der Waals surface area contributed by atoms with E-state index >= 15 is 0 Å². The van der Waals surface area contributed by atoms with Gasteiger partial charge in [0, 0.05) is 6.54 Å². The van der Waals surface area contributed by atoms with Crippen LogP contribution in [0.1, 0.15) is 25.8 Å². The van der Waals surface area contributed by atoms with E-state index in [2.05, 4.69) is 5.32 Å². The minimum Gasteiger partial charge on any atom is -0.393 e. The lowest BCUT2D eigenvalue weighted by atomic mass is 10.0. The number of carbonyl (C=O) groups excluding carboxylic acids is 1. The zero-order valence-electron chi connectivity index (χ0n) is 12.2. The fourth-order valence-electron chi connectivity index (χ4n) is 1.69. The zero-order valence-corrected chi connectivity index (χ0v) is 12.2. The van der Waals surface area contributed by atoms with Crippen molar-refractivity contribution >= 4 is 11.7 Å². The summed E-state index contributed by atoms with van der Waals surface area (Å²) in [5.41, 5.74) is -1.79. The summed E-state index contributed by atoms with van der Waals surface area (Å²) in [4.78, 5) is 11.6. The Hall–Kier alpha value is -1.83. The van der Waals surface area contributed by atoms with Crippen molar-refractivity contribution in [2.75, 3.05) is 11.9 Å². The molecule has 1 atom stereocenters. The molecule has 8 heteroatoms. The zero-order chi connectivity index (χ0) is 16.9. The Morgan fingerprint density at radius 3 is 2.50 bits per heavy atom. The number of aliphatic hydroxyl groups is 1. The summed E-state index contributed by atoms with van der Waals surface area (Å²) in [6.07, 6.45) is -5.11. The second-order valence-electron chi connectivity index (χ2n) is 5.17. The number of hydrogen-bond donors (Lipinski definition) is 3. The normalized spacial score (nSPS) is 13.1. The molecule has 1 unspecified atom stereocenters. The molecule has 1 aromatic rings. The molecule has 0 heterocycles. The Balaban J connectivity index is 2.65. The number of benzene rings is 1. The van der Waals surface area contributed by atoms with E-state index in [4.69, 9.17) is 0 Å². The molecule has 3 N–H and O–H groups in total. The molecule has 0 spiro atoms. The molecule has 4 nitrogen and oxygen atoms in total. The summed E-state index contributed by atoms with van der Waals surface area (Å²) in [6, 6.07) is 1.14. The van der Waals surface area contributed by atoms with Gasteiger partial charge >= 0.3 is 12.2 Å². The molecule has 2 amide bonds. The highest BCUT2D eigenvalue weighted by atomic mass is 19.4. The quantitative estimate of drug-likeness (QED) is 0.728. The summed E-state index contributed by atoms with van der Waals surface area (Å²) >= 11 is 0. The number of rotatable bonds is 5. The van der Waals surface area contributed by atoms with E-state index < -0.39 is 35.4 Å². The number of halogens is 4. The Morgan fingerprint density at radius 1 is 1.32 bits per heavy atom. The van der Waals surface area contributed by atoms with Crippen LogP contribution < -0.4 is 10.6 Å². The first-order valence-electron chi connectivity index (χ1n) is 6.71. The monoisotopic (exact) mass is 322 g/mol. The lowest BCUT2D eigenvalue weighted by Crippen LogP contribution is -2.32. The summed E-state index contributed by atoms with van der Waals surface area (Å²) in [7, 11) is 0. The van der Waals surface area contributed by atoms with Crippen LogP contribution in [-0.2, 0) is 6.18 Å². The first-order chi connectivity index (χ1) is 10.1. The van der Waals surface area contributed by atoms with E-state index in [9.17, 15) is 27.5 Å². The van der Waals surface area contributed by atoms with Crippen molar-refractivity contribution in [3.63, 3.8) is 0 Å². The molecular formula is C14H18F4N2O2. The maximum absolute atomic E-state index is 12.9. The second kappa shape index (κ2) is 7.44. The van der Waals surface area contributed by atoms with E-state index in [-0.39, 0.29) is 18.9 Å². The number of nitrogens with one attached hydrogen (secondary N) is 2. The molecule has 1 aromatic carbocycles. The average molecular weight is 322 g/mol. The van der Waals surface area contributed by atoms with Gasteiger partial charge in [0.05, 0.1) is 17.4 Å². The van der Waals surface area contributed by atoms with Crippen molar-refractivity contribution in [3.8, 4) is 0 Å². The molecule has 0 radical (unpaired) electrons. The second-order valence-corrected chi connectivity index (χ2v) is 5.17. The van der Waals surface area contributed by atoms with Crippen molar-refractivity contribution in [2.45, 2.75) is 32.5 Å². The van der Waals surface area contributed by atoms with Crippen LogP contribution in [0.3, 0.4) is 0 Å². The lowest BCUT2D eigenvalue weighted by molar-refractivity contribution is -0.137. The first-order valence-corrected chi connectivity index (χ1v) is 6.71. The fraction of sp³-hybridized carbons (Fsp3) is 0.500. The Labute approximate surface area is 125 Å². The van der Waals surface area contributed by atoms with Gasteiger partial charge in [-0.1, -0.05) is 13.8 Å². The molecule has 0 aromatic heterocycles. The molecule has 0 aliphatic rings. The van der Waals surface area contributed by atoms with Crippen LogP contribution >= 0.6 is 0 Å². The van der Waals surface area contributed by atoms with E-state index in [1.54, 1.807) is 13.8 Å². The van der Waals surface area contributed by atoms with Crippen molar-refractivity contribution in [3.05, 3.63) is 29.6 Å². The number of anilines is 1. The third-order valence-electron chi connectivity index (χ3n) is 3.03. The predicted molar refractivity (Wildman–Crippen MR) is 73.9 cm³/mol. The molecule has 1 rings (SSSR count). The number of alkyl halides is 3. The molecule has 0 aliphatic heterocycles. The SMILES string of the molecule is CC(C)C(O)CCNC(=O)Nc1ccc(F)cc1C(F)(F)F. The van der Waals surface area contributed by atoms with Gasteiger partial charge in [0.15, 0.2) is 0 Å². The summed E-state index contributed by atoms with van der Waals surface area (Å²) in [5, 5.41) is 13.9. The van der Waals surface area contributed by atoms with Gasteiger partial charge in [-0.15, -0.1) is 0 Å². The maximum Gasteiger partial charge on any atom is 0.418 e. The minimum absolute atomic E-state index is 0.0128. The van der Waals surface area contributed by atoms with Gasteiger partial charge in [0.1, 0.15) is 5.82 Å². The third-order valence-corrected chi connectivity index (χ3v) is 3.03. The van der Waals surface area contributed by atoms with Gasteiger partial charge in [-0.25, -0.2) is 9.18 Å². The van der Waals surface area contributed by atoms with Crippen LogP contribution in [0.5, 0.6) is 0 Å². The van der Waals surface area contributed by atoms with Gasteiger partial charge in [0.2, 0.25) is 0 Å². The first kappa shape index (κ1) is 18.2. The average Bonchev–Trinajstić information content (AvgIpc) is 2.39. The van der Waals surface area contributed by atoms with Crippen molar-refractivity contribution in [2.24, 2.45) is 5.92 Å². The standard InChI is InChI=1S/C14H18F4N2O2/c1-8(2)12(21)5-6-19-13(22)20-11-4-3-9(15)7-10(11)14(16,17)18/h3-4,7-8,12,21H,5-6H2,1-2H3,(H2,19,20,22). The third kappa shape index (κ3) is 5.51. The number of urea groups is 1. The van der Waals surface area contributed by atoms with E-state index in [0.29, 0.717) is 6.07 Å². The van der Waals surface area contributed by atoms with Gasteiger partial charge in [0.25, 0.3) is 0 Å². The molecule has 0 bridgehead atoms. The minimum atomic E-state index is -4.78. The Bertz CT molecular complexity index is 518. The topological polar surface area (TPSA) is 61.4 Å². The van der Waals surface area contributed by atoms with Crippen LogP contribution in [0.2, 0.25) is 0 Å². The van der Waals surface area contributed by atoms with Crippen LogP contribution in [-0.4, -0.2) is 23.8 Å². The highest BCUT2D eigenvalue weighted by molar-refractivity contribution is 5.90. The van der Waals surface area contributed by atoms with Gasteiger partial charge in [-0.2, -0.15) is 13.2 Å². The highest BCUT2D eigenvalue weighted by Crippen LogP contribution is 2.35. The van der Waals surface area contributed by atoms with E-state index in [1.165, 1.54) is 0 Å². The molecule has 0 saturated heterocycles. The van der Waals surface area contributed by atoms with Crippen molar-refractivity contribution in [1.29, 1.82) is 0 Å². The molecular weight excluding hydrogens is 304 g/mol. The van der Waals surface area contributed by atoms with Crippen LogP contribution in [0.4, 0.5) is 28.0 Å². The van der Waals surface area contributed by atoms with E-state index in [1.807, 2.05) is 5.32 Å². The van der Waals surface area contributed by atoms with Gasteiger partial charge in [-0.3, -0.25) is 0 Å². The maximum atomic E-state index is 12.9. The number of carbonyl (C=O) groups is 1. The van der Waals surface area contributed by atoms with Crippen LogP contribution in [0.15, 0.2) is 18.2 Å². The molecule has 22 heavy (non-hydrogen) atoms. The summed E-state index contributed by atoms with van der Waals surface area (Å²) in [6.45, 7) is 3.71. The van der Waals surface area contributed by atoms with Crippen molar-refractivity contribution < 1.29 is 27.5 Å². The number of aliphatic hydroxyl groups excluding tert-OH is 1. The molecule has 0 saturated carbocycles. The molecule has 124 valence electrons. The Kier molecular flexibility index (Phi) is 6.16. The number of amides is 2. The lowest BCUT2D eigenvalue weighted by Gasteiger charge is -2.16. The van der Waals surface area contributed by atoms with Crippen LogP contribution in [0, 0.1) is 11.7 Å². The summed E-state index contributed by atoms with van der Waals surface area (Å²) in [5.74, 6) is -1.03. The van der Waals surface area contributed by atoms with Crippen LogP contribution in [0.25, 0.3) is 0 Å². The predicted octanol–water partition coefficient (Wildman–Crippen LogP) is 3.37. The fourth-order valence-corrected chi connectivity index (χ4v) is 1.69. The number of hydrogen-bond acceptors (Lipinski definition) is 2. The highest BCUT2D eigenvalue weighted by Gasteiger charge is 2.34. The Morgan fingerprint density at radius 2 is 1.95 bits per heavy atom. The smallest absolute Gasteiger partial charge is 0.393 e. The largest absolute Gasteiger partial charge is 0.418 e. The van der Waals surface area contributed by atoms with Crippen molar-refractivity contribution in [1.82, 2.24) is 5.32 Å². The van der Waals surface area contributed by atoms with E-state index in [0.717, 1.165) is 12.1 Å². The molecule has 0 fully saturated rings. The molecule has 0 aliphatic carbocycles. The summed E-state index contributed by atoms with van der Waals surface area (Å²) < 4.78 is 51.2. The van der Waals surface area contributed by atoms with Gasteiger partial charge in [-0.05, 0) is 30.5 Å². The van der Waals surface area contributed by atoms with Gasteiger partial charge < -0.3 is 15.7 Å².